The zero-order chi connectivity index (χ0) is 62.6. The number of likely N-dealkylation sites (N-methyl/N-ethyl adjacent to an activating group) is 1. The maximum Gasteiger partial charge on any atom is 0.472 e. The molecule has 0 saturated carbocycles. The number of unbranched alkanes of at least 4 members (excludes halogenated alkanes) is 52. The predicted molar refractivity (Wildman–Crippen MR) is 378 cm³/mol. The third kappa shape index (κ3) is 69.9. The summed E-state index contributed by atoms with van der Waals surface area (Å²) < 4.78 is 23.8. The van der Waals surface area contributed by atoms with E-state index < -0.39 is 20.0 Å². The van der Waals surface area contributed by atoms with Crippen LogP contribution >= 0.6 is 7.82 Å². The number of amides is 1. The van der Waals surface area contributed by atoms with Crippen LogP contribution in [0.4, 0.5) is 0 Å². The first-order chi connectivity index (χ1) is 42.0. The van der Waals surface area contributed by atoms with Gasteiger partial charge in [0, 0.05) is 6.42 Å². The van der Waals surface area contributed by atoms with Crippen LogP contribution in [0.1, 0.15) is 386 Å². The standard InChI is InChI=1S/C77H149N2O6P/c1-6-8-10-12-14-16-18-20-22-24-26-28-30-32-33-34-35-36-37-38-39-40-41-42-43-44-45-47-49-51-53-55-57-59-61-63-65-67-69-71-77(81)78-75(74-85-86(82,83)84-73-72-79(3,4)5)76(80)70-68-66-64-62-60-58-56-54-52-50-48-46-31-29-27-25-23-21-19-17-15-13-11-9-7-2/h35-36,38-39,60,62,68,70,75-76,80H,6-34,37,40-59,61,63-67,69,71-74H2,1-5H3,(H-,78,81,82,83)/p+1/b36-35-,39-38-,62-60+,70-68+. The van der Waals surface area contributed by atoms with Crippen LogP contribution in [0.2, 0.25) is 0 Å². The average molecular weight is 1230 g/mol. The van der Waals surface area contributed by atoms with Crippen LogP contribution in [0.3, 0.4) is 0 Å². The van der Waals surface area contributed by atoms with Crippen LogP contribution in [-0.4, -0.2) is 73.4 Å². The predicted octanol–water partition coefficient (Wildman–Crippen LogP) is 24.6. The maximum atomic E-state index is 13.1. The molecule has 508 valence electrons. The summed E-state index contributed by atoms with van der Waals surface area (Å²) in [6, 6.07) is -0.865. The fourth-order valence-corrected chi connectivity index (χ4v) is 12.4. The van der Waals surface area contributed by atoms with Gasteiger partial charge in [-0.25, -0.2) is 4.57 Å². The van der Waals surface area contributed by atoms with E-state index in [-0.39, 0.29) is 19.1 Å². The summed E-state index contributed by atoms with van der Waals surface area (Å²) in [6.07, 6.45) is 93.0. The molecule has 0 aromatic rings. The van der Waals surface area contributed by atoms with Crippen LogP contribution in [0, 0.1) is 0 Å². The maximum absolute atomic E-state index is 13.1. The van der Waals surface area contributed by atoms with Gasteiger partial charge in [-0.3, -0.25) is 13.8 Å². The minimum Gasteiger partial charge on any atom is -0.387 e. The van der Waals surface area contributed by atoms with Crippen LogP contribution < -0.4 is 5.32 Å². The van der Waals surface area contributed by atoms with Gasteiger partial charge in [-0.15, -0.1) is 0 Å². The third-order valence-electron chi connectivity index (χ3n) is 17.5. The lowest BCUT2D eigenvalue weighted by atomic mass is 10.0. The molecule has 0 aliphatic rings. The molecule has 0 spiro atoms. The molecule has 0 aliphatic carbocycles. The lowest BCUT2D eigenvalue weighted by molar-refractivity contribution is -0.870. The number of aliphatic hydroxyl groups is 1. The lowest BCUT2D eigenvalue weighted by Crippen LogP contribution is -2.45. The van der Waals surface area contributed by atoms with Crippen LogP contribution in [0.25, 0.3) is 0 Å². The van der Waals surface area contributed by atoms with E-state index in [1.807, 2.05) is 27.2 Å². The number of allylic oxidation sites excluding steroid dienone is 7. The fraction of sp³-hybridized carbons (Fsp3) is 0.883. The molecule has 0 saturated heterocycles. The Morgan fingerprint density at radius 2 is 0.674 bits per heavy atom. The van der Waals surface area contributed by atoms with Gasteiger partial charge in [-0.05, 0) is 64.2 Å². The summed E-state index contributed by atoms with van der Waals surface area (Å²) in [6.45, 7) is 4.86. The molecule has 0 aromatic carbocycles. The van der Waals surface area contributed by atoms with E-state index in [1.54, 1.807) is 6.08 Å². The molecule has 1 amide bonds. The Balaban J connectivity index is 3.99. The summed E-state index contributed by atoms with van der Waals surface area (Å²) >= 11 is 0. The van der Waals surface area contributed by atoms with Crippen molar-refractivity contribution in [1.29, 1.82) is 0 Å². The number of quaternary nitrogens is 1. The molecule has 0 aliphatic heterocycles. The quantitative estimate of drug-likeness (QED) is 0.0243. The Labute approximate surface area is 537 Å². The number of phosphoric ester groups is 1. The summed E-state index contributed by atoms with van der Waals surface area (Å²) in [5.74, 6) is -0.181. The Bertz CT molecular complexity index is 1540. The zero-order valence-electron chi connectivity index (χ0n) is 58.3. The largest absolute Gasteiger partial charge is 0.472 e. The van der Waals surface area contributed by atoms with Crippen LogP contribution in [0.15, 0.2) is 48.6 Å². The molecule has 9 heteroatoms. The molecule has 0 bridgehead atoms. The second-order valence-corrected chi connectivity index (χ2v) is 28.8. The van der Waals surface area contributed by atoms with Crippen molar-refractivity contribution in [2.24, 2.45) is 0 Å². The molecular weight excluding hydrogens is 1080 g/mol. The normalized spacial score (nSPS) is 13.8. The summed E-state index contributed by atoms with van der Waals surface area (Å²) in [5.41, 5.74) is 0. The van der Waals surface area contributed by atoms with Gasteiger partial charge in [0.05, 0.1) is 39.9 Å². The summed E-state index contributed by atoms with van der Waals surface area (Å²) in [4.78, 5) is 23.4. The second kappa shape index (κ2) is 67.8. The average Bonchev–Trinajstić information content (AvgIpc) is 3.70. The molecule has 0 aromatic heterocycles. The van der Waals surface area contributed by atoms with Crippen molar-refractivity contribution in [2.75, 3.05) is 40.9 Å². The molecule has 86 heavy (non-hydrogen) atoms. The van der Waals surface area contributed by atoms with Gasteiger partial charge in [0.15, 0.2) is 0 Å². The molecule has 8 nitrogen and oxygen atoms in total. The van der Waals surface area contributed by atoms with Crippen molar-refractivity contribution in [2.45, 2.75) is 398 Å². The number of hydrogen-bond donors (Lipinski definition) is 3. The van der Waals surface area contributed by atoms with Gasteiger partial charge in [0.2, 0.25) is 5.91 Å². The van der Waals surface area contributed by atoms with Gasteiger partial charge in [-0.2, -0.15) is 0 Å². The first-order valence-corrected chi connectivity index (χ1v) is 39.5. The Hall–Kier alpha value is -1.54. The smallest absolute Gasteiger partial charge is 0.387 e. The Morgan fingerprint density at radius 3 is 1.00 bits per heavy atom. The number of rotatable bonds is 71. The van der Waals surface area contributed by atoms with Gasteiger partial charge in [-0.1, -0.05) is 364 Å². The van der Waals surface area contributed by atoms with Crippen LogP contribution in [0.5, 0.6) is 0 Å². The van der Waals surface area contributed by atoms with Crippen molar-refractivity contribution >= 4 is 13.7 Å². The highest BCUT2D eigenvalue weighted by Gasteiger charge is 2.28. The molecule has 3 atom stereocenters. The van der Waals surface area contributed by atoms with E-state index in [0.29, 0.717) is 17.4 Å². The molecule has 0 fully saturated rings. The molecule has 3 N–H and O–H groups in total. The molecule has 0 heterocycles. The van der Waals surface area contributed by atoms with E-state index >= 15 is 0 Å². The van der Waals surface area contributed by atoms with Crippen molar-refractivity contribution in [1.82, 2.24) is 5.32 Å². The molecule has 0 rings (SSSR count). The zero-order valence-corrected chi connectivity index (χ0v) is 59.2. The van der Waals surface area contributed by atoms with Crippen molar-refractivity contribution < 1.29 is 32.9 Å². The number of carbonyl (C=O) groups excluding carboxylic acids is 1. The van der Waals surface area contributed by atoms with E-state index in [1.165, 1.54) is 321 Å². The monoisotopic (exact) mass is 1230 g/mol. The Kier molecular flexibility index (Phi) is 66.6. The Morgan fingerprint density at radius 1 is 0.395 bits per heavy atom. The minimum atomic E-state index is -4.36. The SMILES string of the molecule is CCCCCCCCCCCCCCCCC/C=C\C/C=C\CCCCCCCCCCCCCCCCCCCC(=O)NC(COP(=O)(O)OCC[N+](C)(C)C)C(O)/C=C/CC/C=C/CCCCCCCCCCCCCCCCCCCCC. The van der Waals surface area contributed by atoms with Gasteiger partial charge in [0.1, 0.15) is 13.2 Å². The number of carbonyl (C=O) groups is 1. The number of hydrogen-bond acceptors (Lipinski definition) is 5. The van der Waals surface area contributed by atoms with Crippen molar-refractivity contribution in [3.05, 3.63) is 48.6 Å². The minimum absolute atomic E-state index is 0.0569. The summed E-state index contributed by atoms with van der Waals surface area (Å²) in [7, 11) is 1.57. The van der Waals surface area contributed by atoms with Crippen molar-refractivity contribution in [3.63, 3.8) is 0 Å². The number of nitrogens with zero attached hydrogens (tertiary/aromatic N) is 1. The first-order valence-electron chi connectivity index (χ1n) is 38.0. The molecule has 3 unspecified atom stereocenters. The first kappa shape index (κ1) is 84.5. The molecule has 0 radical (unpaired) electrons. The van der Waals surface area contributed by atoms with E-state index in [9.17, 15) is 19.4 Å². The van der Waals surface area contributed by atoms with Gasteiger partial charge >= 0.3 is 7.82 Å². The van der Waals surface area contributed by atoms with E-state index in [0.717, 1.165) is 44.9 Å². The number of nitrogens with one attached hydrogen (secondary N) is 1. The fourth-order valence-electron chi connectivity index (χ4n) is 11.6. The topological polar surface area (TPSA) is 105 Å². The van der Waals surface area contributed by atoms with Gasteiger partial charge < -0.3 is 19.8 Å². The lowest BCUT2D eigenvalue weighted by Gasteiger charge is -2.25. The van der Waals surface area contributed by atoms with Crippen molar-refractivity contribution in [3.8, 4) is 0 Å². The van der Waals surface area contributed by atoms with Crippen LogP contribution in [-0.2, 0) is 18.4 Å². The van der Waals surface area contributed by atoms with Gasteiger partial charge in [0.25, 0.3) is 0 Å². The highest BCUT2D eigenvalue weighted by atomic mass is 31.2. The highest BCUT2D eigenvalue weighted by Crippen LogP contribution is 2.43. The third-order valence-corrected chi connectivity index (χ3v) is 18.5. The number of phosphoric acid groups is 1. The molecular formula is C77H150N2O6P+. The van der Waals surface area contributed by atoms with E-state index in [4.69, 9.17) is 9.05 Å². The summed E-state index contributed by atoms with van der Waals surface area (Å²) in [5, 5.41) is 14.0. The second-order valence-electron chi connectivity index (χ2n) is 27.4. The van der Waals surface area contributed by atoms with E-state index in [2.05, 4.69) is 55.6 Å². The highest BCUT2D eigenvalue weighted by molar-refractivity contribution is 7.47. The number of aliphatic hydroxyl groups excluding tert-OH is 1.